The number of halogens is 1. The summed E-state index contributed by atoms with van der Waals surface area (Å²) in [7, 11) is 0. The Kier molecular flexibility index (Phi) is 4.46. The van der Waals surface area contributed by atoms with Gasteiger partial charge in [0.2, 0.25) is 0 Å². The summed E-state index contributed by atoms with van der Waals surface area (Å²) < 4.78 is 5.81. The first-order valence-corrected chi connectivity index (χ1v) is 6.65. The number of hydrogen-bond acceptors (Lipinski definition) is 2. The molecule has 1 atom stereocenters. The minimum absolute atomic E-state index is 0.155. The van der Waals surface area contributed by atoms with Crippen molar-refractivity contribution < 1.29 is 4.74 Å². The first-order valence-electron chi connectivity index (χ1n) is 6.27. The maximum atomic E-state index is 6.11. The molecule has 0 saturated carbocycles. The van der Waals surface area contributed by atoms with Crippen LogP contribution in [-0.4, -0.2) is 6.61 Å². The van der Waals surface area contributed by atoms with Gasteiger partial charge in [0.1, 0.15) is 12.4 Å². The molecule has 1 unspecified atom stereocenters. The average molecular weight is 276 g/mol. The Labute approximate surface area is 119 Å². The molecule has 0 aliphatic carbocycles. The largest absolute Gasteiger partial charge is 0.491 e. The minimum Gasteiger partial charge on any atom is -0.491 e. The molecule has 100 valence electrons. The quantitative estimate of drug-likeness (QED) is 0.914. The molecule has 2 N–H and O–H groups in total. The maximum Gasteiger partial charge on any atom is 0.122 e. The van der Waals surface area contributed by atoms with Gasteiger partial charge >= 0.3 is 0 Å². The highest BCUT2D eigenvalue weighted by Gasteiger charge is 2.08. The van der Waals surface area contributed by atoms with Gasteiger partial charge in [0, 0.05) is 5.02 Å². The van der Waals surface area contributed by atoms with Crippen LogP contribution in [0.3, 0.4) is 0 Å². The molecule has 0 bridgehead atoms. The molecule has 0 heterocycles. The van der Waals surface area contributed by atoms with Crippen LogP contribution in [0, 0.1) is 13.8 Å². The van der Waals surface area contributed by atoms with Gasteiger partial charge in [0.15, 0.2) is 0 Å². The van der Waals surface area contributed by atoms with Crippen molar-refractivity contribution in [1.29, 1.82) is 0 Å². The molecule has 0 radical (unpaired) electrons. The molecule has 19 heavy (non-hydrogen) atoms. The van der Waals surface area contributed by atoms with Gasteiger partial charge in [-0.15, -0.1) is 0 Å². The Morgan fingerprint density at radius 1 is 1.11 bits per heavy atom. The van der Waals surface area contributed by atoms with Crippen LogP contribution in [0.25, 0.3) is 0 Å². The summed E-state index contributed by atoms with van der Waals surface area (Å²) in [6.07, 6.45) is 0. The predicted molar refractivity (Wildman–Crippen MR) is 79.8 cm³/mol. The van der Waals surface area contributed by atoms with Crippen LogP contribution in [0.5, 0.6) is 5.75 Å². The third-order valence-corrected chi connectivity index (χ3v) is 3.31. The van der Waals surface area contributed by atoms with Gasteiger partial charge in [-0.25, -0.2) is 0 Å². The fourth-order valence-corrected chi connectivity index (χ4v) is 1.97. The van der Waals surface area contributed by atoms with Gasteiger partial charge in [0.25, 0.3) is 0 Å². The van der Waals surface area contributed by atoms with E-state index < -0.39 is 0 Å². The topological polar surface area (TPSA) is 35.2 Å². The number of rotatable bonds is 4. The molecule has 2 nitrogen and oxygen atoms in total. The van der Waals surface area contributed by atoms with Crippen LogP contribution >= 0.6 is 11.6 Å². The Morgan fingerprint density at radius 2 is 1.79 bits per heavy atom. The Hall–Kier alpha value is -1.51. The lowest BCUT2D eigenvalue weighted by atomic mass is 10.1. The lowest BCUT2D eigenvalue weighted by Crippen LogP contribution is -2.19. The van der Waals surface area contributed by atoms with Crippen LogP contribution in [0.1, 0.15) is 22.7 Å². The van der Waals surface area contributed by atoms with Crippen molar-refractivity contribution in [3.63, 3.8) is 0 Å². The van der Waals surface area contributed by atoms with Crippen molar-refractivity contribution in [2.45, 2.75) is 19.9 Å². The molecule has 0 spiro atoms. The minimum atomic E-state index is -0.155. The number of nitrogens with two attached hydrogens (primary N) is 1. The van der Waals surface area contributed by atoms with E-state index in [0.29, 0.717) is 11.6 Å². The molecular formula is C16H18ClNO. The highest BCUT2D eigenvalue weighted by Crippen LogP contribution is 2.21. The smallest absolute Gasteiger partial charge is 0.122 e. The van der Waals surface area contributed by atoms with Gasteiger partial charge in [-0.3, -0.25) is 0 Å². The monoisotopic (exact) mass is 275 g/mol. The van der Waals surface area contributed by atoms with E-state index in [1.54, 1.807) is 0 Å². The van der Waals surface area contributed by atoms with Crippen LogP contribution in [-0.2, 0) is 0 Å². The van der Waals surface area contributed by atoms with E-state index in [2.05, 4.69) is 12.1 Å². The van der Waals surface area contributed by atoms with E-state index >= 15 is 0 Å². The number of ether oxygens (including phenoxy) is 1. The van der Waals surface area contributed by atoms with Gasteiger partial charge in [-0.2, -0.15) is 0 Å². The molecule has 0 aromatic heterocycles. The summed E-state index contributed by atoms with van der Waals surface area (Å²) in [5.41, 5.74) is 9.44. The Balaban J connectivity index is 2.02. The van der Waals surface area contributed by atoms with E-state index in [1.807, 2.05) is 44.2 Å². The second kappa shape index (κ2) is 6.09. The standard InChI is InChI=1S/C16H18ClNO/c1-11-3-4-12(2)16(9-11)19-10-15(18)13-5-7-14(17)8-6-13/h3-9,15H,10,18H2,1-2H3. The van der Waals surface area contributed by atoms with Gasteiger partial charge in [-0.1, -0.05) is 35.9 Å². The van der Waals surface area contributed by atoms with Crippen molar-refractivity contribution in [2.75, 3.05) is 6.61 Å². The lowest BCUT2D eigenvalue weighted by molar-refractivity contribution is 0.288. The zero-order valence-electron chi connectivity index (χ0n) is 11.2. The van der Waals surface area contributed by atoms with E-state index in [0.717, 1.165) is 16.9 Å². The molecule has 3 heteroatoms. The number of hydrogen-bond donors (Lipinski definition) is 1. The Morgan fingerprint density at radius 3 is 2.47 bits per heavy atom. The van der Waals surface area contributed by atoms with Gasteiger partial charge in [0.05, 0.1) is 6.04 Å². The highest BCUT2D eigenvalue weighted by atomic mass is 35.5. The summed E-state index contributed by atoms with van der Waals surface area (Å²) in [5, 5.41) is 0.714. The molecule has 0 fully saturated rings. The second-order valence-electron chi connectivity index (χ2n) is 4.74. The fourth-order valence-electron chi connectivity index (χ4n) is 1.85. The van der Waals surface area contributed by atoms with E-state index in [-0.39, 0.29) is 6.04 Å². The van der Waals surface area contributed by atoms with Crippen LogP contribution in [0.2, 0.25) is 5.02 Å². The van der Waals surface area contributed by atoms with Crippen molar-refractivity contribution >= 4 is 11.6 Å². The van der Waals surface area contributed by atoms with Crippen molar-refractivity contribution in [3.05, 3.63) is 64.2 Å². The SMILES string of the molecule is Cc1ccc(C)c(OCC(N)c2ccc(Cl)cc2)c1. The zero-order valence-corrected chi connectivity index (χ0v) is 11.9. The molecule has 2 aromatic carbocycles. The van der Waals surface area contributed by atoms with Crippen molar-refractivity contribution in [1.82, 2.24) is 0 Å². The summed E-state index contributed by atoms with van der Waals surface area (Å²) in [6.45, 7) is 4.53. The van der Waals surface area contributed by atoms with Crippen LogP contribution in [0.15, 0.2) is 42.5 Å². The lowest BCUT2D eigenvalue weighted by Gasteiger charge is -2.15. The number of aryl methyl sites for hydroxylation is 2. The van der Waals surface area contributed by atoms with E-state index in [9.17, 15) is 0 Å². The van der Waals surface area contributed by atoms with E-state index in [4.69, 9.17) is 22.1 Å². The predicted octanol–water partition coefficient (Wildman–Crippen LogP) is 4.04. The summed E-state index contributed by atoms with van der Waals surface area (Å²) in [4.78, 5) is 0. The molecular weight excluding hydrogens is 258 g/mol. The third kappa shape index (κ3) is 3.72. The molecule has 0 amide bonds. The number of benzene rings is 2. The van der Waals surface area contributed by atoms with Gasteiger partial charge in [-0.05, 0) is 48.7 Å². The fraction of sp³-hybridized carbons (Fsp3) is 0.250. The molecule has 2 aromatic rings. The van der Waals surface area contributed by atoms with Gasteiger partial charge < -0.3 is 10.5 Å². The van der Waals surface area contributed by atoms with Crippen molar-refractivity contribution in [3.8, 4) is 5.75 Å². The molecule has 0 aliphatic rings. The zero-order chi connectivity index (χ0) is 13.8. The van der Waals surface area contributed by atoms with Crippen molar-refractivity contribution in [2.24, 2.45) is 5.73 Å². The second-order valence-corrected chi connectivity index (χ2v) is 5.17. The first-order chi connectivity index (χ1) is 9.06. The Bertz CT molecular complexity index is 551. The average Bonchev–Trinajstić information content (AvgIpc) is 2.40. The third-order valence-electron chi connectivity index (χ3n) is 3.06. The van der Waals surface area contributed by atoms with Crippen LogP contribution < -0.4 is 10.5 Å². The summed E-state index contributed by atoms with van der Waals surface area (Å²) in [5.74, 6) is 0.893. The summed E-state index contributed by atoms with van der Waals surface area (Å²) >= 11 is 5.86. The van der Waals surface area contributed by atoms with Crippen LogP contribution in [0.4, 0.5) is 0 Å². The molecule has 0 saturated heterocycles. The summed E-state index contributed by atoms with van der Waals surface area (Å²) in [6, 6.07) is 13.5. The maximum absolute atomic E-state index is 6.11. The molecule has 0 aliphatic heterocycles. The molecule has 2 rings (SSSR count). The van der Waals surface area contributed by atoms with E-state index in [1.165, 1.54) is 5.56 Å². The normalized spacial score (nSPS) is 12.2. The first kappa shape index (κ1) is 13.9. The highest BCUT2D eigenvalue weighted by molar-refractivity contribution is 6.30.